The number of carbonyl (C=O) groups excluding carboxylic acids is 1. The molecule has 0 aliphatic carbocycles. The number of nitrogens with one attached hydrogen (secondary N) is 1. The van der Waals surface area contributed by atoms with E-state index >= 15 is 0 Å². The fourth-order valence-electron chi connectivity index (χ4n) is 2.21. The molecule has 5 heteroatoms. The van der Waals surface area contributed by atoms with Gasteiger partial charge in [-0.05, 0) is 25.1 Å². The lowest BCUT2D eigenvalue weighted by atomic mass is 9.89. The average Bonchev–Trinajstić information content (AvgIpc) is 2.40. The van der Waals surface area contributed by atoms with Gasteiger partial charge in [-0.15, -0.1) is 0 Å². The maximum Gasteiger partial charge on any atom is 0.331 e. The van der Waals surface area contributed by atoms with Crippen LogP contribution >= 0.6 is 0 Å². The van der Waals surface area contributed by atoms with Crippen LogP contribution in [0.1, 0.15) is 19.8 Å². The molecule has 1 heterocycles. The number of carbonyl (C=O) groups is 1. The van der Waals surface area contributed by atoms with Crippen molar-refractivity contribution in [2.45, 2.75) is 25.3 Å². The zero-order valence-corrected chi connectivity index (χ0v) is 10.9. The molecule has 2 rings (SSSR count). The summed E-state index contributed by atoms with van der Waals surface area (Å²) in [4.78, 5) is 12.2. The Morgan fingerprint density at radius 2 is 2.21 bits per heavy atom. The lowest BCUT2D eigenvalue weighted by Gasteiger charge is -2.36. The highest BCUT2D eigenvalue weighted by atomic mass is 19.1. The Morgan fingerprint density at radius 3 is 2.84 bits per heavy atom. The molecule has 0 radical (unpaired) electrons. The third-order valence-corrected chi connectivity index (χ3v) is 3.22. The Labute approximate surface area is 111 Å². The maximum absolute atomic E-state index is 13.2. The number of benzene rings is 1. The summed E-state index contributed by atoms with van der Waals surface area (Å²) in [6.07, 6.45) is 1.03. The van der Waals surface area contributed by atoms with E-state index in [1.807, 2.05) is 0 Å². The second kappa shape index (κ2) is 6.02. The lowest BCUT2D eigenvalue weighted by Crippen LogP contribution is -2.51. The summed E-state index contributed by atoms with van der Waals surface area (Å²) in [5, 5.41) is 3.13. The molecule has 1 aromatic rings. The van der Waals surface area contributed by atoms with Crippen LogP contribution in [-0.2, 0) is 14.3 Å². The fraction of sp³-hybridized carbons (Fsp3) is 0.500. The largest absolute Gasteiger partial charge is 0.464 e. The van der Waals surface area contributed by atoms with Crippen LogP contribution < -0.4 is 5.32 Å². The molecule has 0 aromatic heterocycles. The van der Waals surface area contributed by atoms with Crippen molar-refractivity contribution in [3.8, 4) is 0 Å². The third kappa shape index (κ3) is 3.23. The normalized spacial score (nSPS) is 17.8. The Morgan fingerprint density at radius 1 is 1.47 bits per heavy atom. The summed E-state index contributed by atoms with van der Waals surface area (Å²) in [6, 6.07) is 6.08. The van der Waals surface area contributed by atoms with E-state index in [4.69, 9.17) is 9.47 Å². The van der Waals surface area contributed by atoms with Gasteiger partial charge >= 0.3 is 5.97 Å². The number of halogens is 1. The highest BCUT2D eigenvalue weighted by Crippen LogP contribution is 2.27. The number of hydrogen-bond donors (Lipinski definition) is 1. The first-order chi connectivity index (χ1) is 9.16. The van der Waals surface area contributed by atoms with E-state index in [0.29, 0.717) is 38.3 Å². The van der Waals surface area contributed by atoms with Gasteiger partial charge in [0, 0.05) is 31.7 Å². The quantitative estimate of drug-likeness (QED) is 0.851. The number of rotatable bonds is 4. The van der Waals surface area contributed by atoms with Gasteiger partial charge in [0.1, 0.15) is 11.4 Å². The second-order valence-corrected chi connectivity index (χ2v) is 4.55. The fourth-order valence-corrected chi connectivity index (χ4v) is 2.21. The van der Waals surface area contributed by atoms with Gasteiger partial charge in [0.25, 0.3) is 0 Å². The summed E-state index contributed by atoms with van der Waals surface area (Å²) < 4.78 is 23.6. The molecular weight excluding hydrogens is 249 g/mol. The predicted molar refractivity (Wildman–Crippen MR) is 69.4 cm³/mol. The van der Waals surface area contributed by atoms with Crippen molar-refractivity contribution in [2.75, 3.05) is 25.1 Å². The highest BCUT2D eigenvalue weighted by molar-refractivity contribution is 5.84. The first-order valence-electron chi connectivity index (χ1n) is 6.45. The Hall–Kier alpha value is -1.62. The van der Waals surface area contributed by atoms with Gasteiger partial charge in [-0.2, -0.15) is 0 Å². The molecule has 1 aliphatic heterocycles. The summed E-state index contributed by atoms with van der Waals surface area (Å²) in [7, 11) is 0. The number of ether oxygens (including phenoxy) is 2. The standard InChI is InChI=1S/C14H18FNO3/c1-2-19-13(17)14(6-8-18-9-7-14)16-12-5-3-4-11(15)10-12/h3-5,10,16H,2,6-9H2,1H3. The average molecular weight is 267 g/mol. The minimum Gasteiger partial charge on any atom is -0.464 e. The van der Waals surface area contributed by atoms with Crippen molar-refractivity contribution in [1.82, 2.24) is 0 Å². The number of esters is 1. The van der Waals surface area contributed by atoms with E-state index in [9.17, 15) is 9.18 Å². The smallest absolute Gasteiger partial charge is 0.331 e. The topological polar surface area (TPSA) is 47.6 Å². The van der Waals surface area contributed by atoms with E-state index < -0.39 is 5.54 Å². The zero-order valence-electron chi connectivity index (χ0n) is 10.9. The number of anilines is 1. The van der Waals surface area contributed by atoms with E-state index in [1.54, 1.807) is 19.1 Å². The third-order valence-electron chi connectivity index (χ3n) is 3.22. The van der Waals surface area contributed by atoms with Crippen LogP contribution in [0, 0.1) is 5.82 Å². The molecule has 1 fully saturated rings. The maximum atomic E-state index is 13.2. The van der Waals surface area contributed by atoms with Gasteiger partial charge in [0.2, 0.25) is 0 Å². The first-order valence-corrected chi connectivity index (χ1v) is 6.45. The SMILES string of the molecule is CCOC(=O)C1(Nc2cccc(F)c2)CCOCC1. The van der Waals surface area contributed by atoms with Crippen molar-refractivity contribution >= 4 is 11.7 Å². The molecule has 1 aliphatic rings. The molecule has 0 bridgehead atoms. The van der Waals surface area contributed by atoms with Crippen LogP contribution in [0.25, 0.3) is 0 Å². The van der Waals surface area contributed by atoms with Crippen LogP contribution in [0.5, 0.6) is 0 Å². The number of hydrogen-bond acceptors (Lipinski definition) is 4. The van der Waals surface area contributed by atoms with Crippen molar-refractivity contribution < 1.29 is 18.7 Å². The summed E-state index contributed by atoms with van der Waals surface area (Å²) in [5.74, 6) is -0.640. The van der Waals surface area contributed by atoms with Gasteiger partial charge in [0.05, 0.1) is 6.61 Å². The molecule has 0 spiro atoms. The second-order valence-electron chi connectivity index (χ2n) is 4.55. The van der Waals surface area contributed by atoms with E-state index in [2.05, 4.69) is 5.32 Å². The molecule has 0 atom stereocenters. The molecule has 1 saturated heterocycles. The van der Waals surface area contributed by atoms with Crippen molar-refractivity contribution in [3.05, 3.63) is 30.1 Å². The molecule has 0 amide bonds. The lowest BCUT2D eigenvalue weighted by molar-refractivity contribution is -0.152. The summed E-state index contributed by atoms with van der Waals surface area (Å²) >= 11 is 0. The molecule has 0 unspecified atom stereocenters. The molecule has 1 aromatic carbocycles. The summed E-state index contributed by atoms with van der Waals surface area (Å²) in [6.45, 7) is 3.07. The van der Waals surface area contributed by atoms with Crippen molar-refractivity contribution in [3.63, 3.8) is 0 Å². The zero-order chi connectivity index (χ0) is 13.7. The Bertz CT molecular complexity index is 444. The van der Waals surface area contributed by atoms with E-state index in [1.165, 1.54) is 12.1 Å². The highest BCUT2D eigenvalue weighted by Gasteiger charge is 2.41. The predicted octanol–water partition coefficient (Wildman–Crippen LogP) is 2.35. The molecule has 104 valence electrons. The Balaban J connectivity index is 2.20. The van der Waals surface area contributed by atoms with Crippen LogP contribution in [0.15, 0.2) is 24.3 Å². The van der Waals surface area contributed by atoms with E-state index in [0.717, 1.165) is 0 Å². The monoisotopic (exact) mass is 267 g/mol. The van der Waals surface area contributed by atoms with Gasteiger partial charge in [-0.1, -0.05) is 6.07 Å². The molecular formula is C14H18FNO3. The molecule has 4 nitrogen and oxygen atoms in total. The Kier molecular flexibility index (Phi) is 4.37. The first kappa shape index (κ1) is 13.8. The van der Waals surface area contributed by atoms with Crippen molar-refractivity contribution in [2.24, 2.45) is 0 Å². The van der Waals surface area contributed by atoms with Gasteiger partial charge in [-0.3, -0.25) is 0 Å². The van der Waals surface area contributed by atoms with Gasteiger partial charge < -0.3 is 14.8 Å². The minimum atomic E-state index is -0.817. The molecule has 0 saturated carbocycles. The minimum absolute atomic E-state index is 0.303. The molecule has 19 heavy (non-hydrogen) atoms. The van der Waals surface area contributed by atoms with E-state index in [-0.39, 0.29) is 11.8 Å². The van der Waals surface area contributed by atoms with Crippen LogP contribution in [0.2, 0.25) is 0 Å². The molecule has 1 N–H and O–H groups in total. The summed E-state index contributed by atoms with van der Waals surface area (Å²) in [5.41, 5.74) is -0.239. The van der Waals surface area contributed by atoms with Gasteiger partial charge in [-0.25, -0.2) is 9.18 Å². The van der Waals surface area contributed by atoms with Crippen LogP contribution in [0.4, 0.5) is 10.1 Å². The van der Waals surface area contributed by atoms with Crippen LogP contribution in [0.3, 0.4) is 0 Å². The van der Waals surface area contributed by atoms with Crippen molar-refractivity contribution in [1.29, 1.82) is 0 Å². The van der Waals surface area contributed by atoms with Crippen LogP contribution in [-0.4, -0.2) is 31.3 Å². The van der Waals surface area contributed by atoms with Gasteiger partial charge in [0.15, 0.2) is 0 Å².